The van der Waals surface area contributed by atoms with Crippen molar-refractivity contribution in [2.24, 2.45) is 0 Å². The maximum Gasteiger partial charge on any atom is 0.0826 e. The summed E-state index contributed by atoms with van der Waals surface area (Å²) in [6.45, 7) is 11.6. The van der Waals surface area contributed by atoms with Crippen LogP contribution in [0.3, 0.4) is 0 Å². The Morgan fingerprint density at radius 1 is 1.42 bits per heavy atom. The molecule has 19 heavy (non-hydrogen) atoms. The van der Waals surface area contributed by atoms with Gasteiger partial charge in [0, 0.05) is 35.9 Å². The lowest BCUT2D eigenvalue weighted by atomic mass is 9.95. The lowest BCUT2D eigenvalue weighted by Crippen LogP contribution is -2.44. The van der Waals surface area contributed by atoms with Crippen LogP contribution in [-0.2, 0) is 16.7 Å². The quantitative estimate of drug-likeness (QED) is 0.918. The van der Waals surface area contributed by atoms with Crippen molar-refractivity contribution in [3.63, 3.8) is 0 Å². The first-order valence-corrected chi connectivity index (χ1v) is 7.87. The monoisotopic (exact) mass is 282 g/mol. The summed E-state index contributed by atoms with van der Waals surface area (Å²) in [5.41, 5.74) is 0.262. The summed E-state index contributed by atoms with van der Waals surface area (Å²) in [6, 6.07) is 4.50. The molecule has 1 saturated heterocycles. The van der Waals surface area contributed by atoms with E-state index in [-0.39, 0.29) is 5.41 Å². The summed E-state index contributed by atoms with van der Waals surface area (Å²) in [4.78, 5) is 5.20. The van der Waals surface area contributed by atoms with Gasteiger partial charge in [0.15, 0.2) is 0 Å². The van der Waals surface area contributed by atoms with Crippen molar-refractivity contribution in [3.05, 3.63) is 21.9 Å². The van der Waals surface area contributed by atoms with Gasteiger partial charge in [-0.2, -0.15) is 0 Å². The second-order valence-electron chi connectivity index (χ2n) is 6.40. The molecule has 0 aromatic carbocycles. The van der Waals surface area contributed by atoms with Crippen LogP contribution in [0, 0.1) is 0 Å². The fourth-order valence-electron chi connectivity index (χ4n) is 2.22. The molecule has 1 atom stereocenters. The molecule has 0 bridgehead atoms. The molecule has 1 N–H and O–H groups in total. The first-order chi connectivity index (χ1) is 8.95. The van der Waals surface area contributed by atoms with Gasteiger partial charge in [0.1, 0.15) is 0 Å². The van der Waals surface area contributed by atoms with Gasteiger partial charge in [0.25, 0.3) is 0 Å². The molecule has 0 saturated carbocycles. The number of ether oxygens (including phenoxy) is 1. The molecule has 1 unspecified atom stereocenters. The van der Waals surface area contributed by atoms with E-state index in [9.17, 15) is 0 Å². The zero-order chi connectivity index (χ0) is 13.9. The molecule has 3 nitrogen and oxygen atoms in total. The molecule has 0 radical (unpaired) electrons. The Bertz CT molecular complexity index is 397. The molecule has 2 rings (SSSR count). The summed E-state index contributed by atoms with van der Waals surface area (Å²) in [6.07, 6.45) is 0.334. The van der Waals surface area contributed by atoms with Crippen molar-refractivity contribution in [2.75, 3.05) is 33.3 Å². The van der Waals surface area contributed by atoms with Crippen molar-refractivity contribution in [1.82, 2.24) is 10.2 Å². The largest absolute Gasteiger partial charge is 0.374 e. The van der Waals surface area contributed by atoms with Gasteiger partial charge in [0.05, 0.1) is 12.7 Å². The highest BCUT2D eigenvalue weighted by atomic mass is 32.1. The van der Waals surface area contributed by atoms with Crippen molar-refractivity contribution in [3.8, 4) is 0 Å². The molecule has 2 heterocycles. The first kappa shape index (κ1) is 15.0. The number of thiophene rings is 1. The Labute approximate surface area is 121 Å². The van der Waals surface area contributed by atoms with Crippen LogP contribution in [0.15, 0.2) is 12.1 Å². The van der Waals surface area contributed by atoms with Crippen LogP contribution in [-0.4, -0.2) is 44.3 Å². The third-order valence-electron chi connectivity index (χ3n) is 3.41. The van der Waals surface area contributed by atoms with Crippen molar-refractivity contribution in [1.29, 1.82) is 0 Å². The average molecular weight is 282 g/mol. The Hall–Kier alpha value is -0.420. The average Bonchev–Trinajstić information content (AvgIpc) is 2.77. The van der Waals surface area contributed by atoms with E-state index in [4.69, 9.17) is 4.74 Å². The third-order valence-corrected chi connectivity index (χ3v) is 4.92. The molecule has 4 heteroatoms. The maximum atomic E-state index is 5.74. The predicted octanol–water partition coefficient (Wildman–Crippen LogP) is 2.47. The van der Waals surface area contributed by atoms with Crippen LogP contribution < -0.4 is 5.32 Å². The van der Waals surface area contributed by atoms with Gasteiger partial charge in [-0.3, -0.25) is 0 Å². The lowest BCUT2D eigenvalue weighted by Gasteiger charge is -2.30. The van der Waals surface area contributed by atoms with Crippen LogP contribution in [0.1, 0.15) is 30.5 Å². The molecule has 1 aromatic rings. The number of likely N-dealkylation sites (N-methyl/N-ethyl adjacent to an activating group) is 1. The van der Waals surface area contributed by atoms with Gasteiger partial charge in [-0.25, -0.2) is 0 Å². The minimum Gasteiger partial charge on any atom is -0.374 e. The number of nitrogens with one attached hydrogen (secondary N) is 1. The smallest absolute Gasteiger partial charge is 0.0826 e. The van der Waals surface area contributed by atoms with Gasteiger partial charge >= 0.3 is 0 Å². The van der Waals surface area contributed by atoms with Crippen LogP contribution >= 0.6 is 11.3 Å². The highest BCUT2D eigenvalue weighted by molar-refractivity contribution is 7.12. The van der Waals surface area contributed by atoms with Gasteiger partial charge in [-0.15, -0.1) is 11.3 Å². The molecule has 1 aliphatic rings. The van der Waals surface area contributed by atoms with Gasteiger partial charge in [-0.05, 0) is 24.6 Å². The third kappa shape index (κ3) is 4.56. The number of rotatable bonds is 4. The Balaban J connectivity index is 1.75. The molecule has 108 valence electrons. The van der Waals surface area contributed by atoms with Crippen LogP contribution in [0.2, 0.25) is 0 Å². The molecule has 1 aromatic heterocycles. The molecule has 0 amide bonds. The Morgan fingerprint density at radius 3 is 2.84 bits per heavy atom. The summed E-state index contributed by atoms with van der Waals surface area (Å²) in [5.74, 6) is 0. The van der Waals surface area contributed by atoms with E-state index in [1.807, 2.05) is 11.3 Å². The lowest BCUT2D eigenvalue weighted by molar-refractivity contribution is -0.0181. The first-order valence-electron chi connectivity index (χ1n) is 7.05. The van der Waals surface area contributed by atoms with Crippen molar-refractivity contribution in [2.45, 2.75) is 38.8 Å². The van der Waals surface area contributed by atoms with Crippen LogP contribution in [0.25, 0.3) is 0 Å². The van der Waals surface area contributed by atoms with E-state index in [1.54, 1.807) is 0 Å². The molecule has 0 aliphatic carbocycles. The summed E-state index contributed by atoms with van der Waals surface area (Å²) in [5, 5.41) is 3.52. The van der Waals surface area contributed by atoms with E-state index in [1.165, 1.54) is 9.75 Å². The standard InChI is InChI=1S/C15H26N2OS/c1-15(2,3)14-6-5-13(19-14)10-16-9-12-11-17(4)7-8-18-12/h5-6,12,16H,7-11H2,1-4H3. The molecule has 1 aliphatic heterocycles. The normalized spacial score (nSPS) is 21.8. The van der Waals surface area contributed by atoms with Gasteiger partial charge in [-0.1, -0.05) is 20.8 Å². The van der Waals surface area contributed by atoms with Gasteiger partial charge < -0.3 is 15.0 Å². The second kappa shape index (κ2) is 6.35. The van der Waals surface area contributed by atoms with Crippen molar-refractivity contribution < 1.29 is 4.74 Å². The van der Waals surface area contributed by atoms with E-state index in [0.717, 1.165) is 32.8 Å². The fourth-order valence-corrected chi connectivity index (χ4v) is 3.26. The number of hydrogen-bond donors (Lipinski definition) is 1. The van der Waals surface area contributed by atoms with Crippen LogP contribution in [0.5, 0.6) is 0 Å². The zero-order valence-corrected chi connectivity index (χ0v) is 13.3. The van der Waals surface area contributed by atoms with E-state index >= 15 is 0 Å². The summed E-state index contributed by atoms with van der Waals surface area (Å²) in [7, 11) is 2.16. The number of nitrogens with zero attached hydrogens (tertiary/aromatic N) is 1. The molecule has 1 fully saturated rings. The molecular weight excluding hydrogens is 256 g/mol. The van der Waals surface area contributed by atoms with E-state index < -0.39 is 0 Å². The topological polar surface area (TPSA) is 24.5 Å². The van der Waals surface area contributed by atoms with Crippen molar-refractivity contribution >= 4 is 11.3 Å². The SMILES string of the molecule is CN1CCOC(CNCc2ccc(C(C)(C)C)s2)C1. The minimum atomic E-state index is 0.262. The predicted molar refractivity (Wildman–Crippen MR) is 82.0 cm³/mol. The summed E-state index contributed by atoms with van der Waals surface area (Å²) >= 11 is 1.91. The van der Waals surface area contributed by atoms with Crippen LogP contribution in [0.4, 0.5) is 0 Å². The maximum absolute atomic E-state index is 5.74. The van der Waals surface area contributed by atoms with E-state index in [0.29, 0.717) is 6.10 Å². The Kier molecular flexibility index (Phi) is 5.01. The summed E-state index contributed by atoms with van der Waals surface area (Å²) < 4.78 is 5.74. The zero-order valence-electron chi connectivity index (χ0n) is 12.5. The Morgan fingerprint density at radius 2 is 2.21 bits per heavy atom. The molecular formula is C15H26N2OS. The van der Waals surface area contributed by atoms with Gasteiger partial charge in [0.2, 0.25) is 0 Å². The number of hydrogen-bond acceptors (Lipinski definition) is 4. The fraction of sp³-hybridized carbons (Fsp3) is 0.733. The molecule has 0 spiro atoms. The second-order valence-corrected chi connectivity index (χ2v) is 7.57. The highest BCUT2D eigenvalue weighted by Gasteiger charge is 2.18. The minimum absolute atomic E-state index is 0.262. The van der Waals surface area contributed by atoms with E-state index in [2.05, 4.69) is 50.2 Å². The highest BCUT2D eigenvalue weighted by Crippen LogP contribution is 2.29. The number of morpholine rings is 1.